The average molecular weight is 517 g/mol. The van der Waals surface area contributed by atoms with E-state index in [1.165, 1.54) is 16.7 Å². The Morgan fingerprint density at radius 1 is 0.879 bits per heavy atom. The van der Waals surface area contributed by atoms with Gasteiger partial charge in [0.15, 0.2) is 5.11 Å². The lowest BCUT2D eigenvalue weighted by Gasteiger charge is -2.29. The van der Waals surface area contributed by atoms with E-state index < -0.39 is 0 Å². The van der Waals surface area contributed by atoms with Crippen LogP contribution in [0.25, 0.3) is 5.69 Å². The molecule has 5 rings (SSSR count). The van der Waals surface area contributed by atoms with Gasteiger partial charge in [-0.2, -0.15) is 0 Å². The third kappa shape index (κ3) is 3.98. The largest absolute Gasteiger partial charge is 0.351 e. The fraction of sp³-hybridized carbons (Fsp3) is 0.185. The molecule has 1 aliphatic heterocycles. The van der Waals surface area contributed by atoms with E-state index in [2.05, 4.69) is 117 Å². The Hall–Kier alpha value is -2.96. The van der Waals surface area contributed by atoms with E-state index in [0.29, 0.717) is 5.11 Å². The highest BCUT2D eigenvalue weighted by atomic mass is 79.9. The lowest BCUT2D eigenvalue weighted by molar-refractivity contribution is 0.549. The Morgan fingerprint density at radius 2 is 1.67 bits per heavy atom. The number of nitrogens with zero attached hydrogens (tertiary/aromatic N) is 3. The highest BCUT2D eigenvalue weighted by Gasteiger charge is 2.42. The summed E-state index contributed by atoms with van der Waals surface area (Å²) in [6, 6.07) is 23.1. The number of rotatable bonds is 4. The molecule has 1 fully saturated rings. The van der Waals surface area contributed by atoms with E-state index in [1.54, 1.807) is 0 Å². The monoisotopic (exact) mass is 516 g/mol. The maximum Gasteiger partial charge on any atom is 0.174 e. The molecule has 2 aromatic carbocycles. The summed E-state index contributed by atoms with van der Waals surface area (Å²) in [6.45, 7) is 6.40. The standard InChI is InChI=1S/C27H25BrN4S/c1-17-9-10-20(15-18(17)2)31-14-6-8-24(31)26-25(23-7-4-5-13-29-23)30-27(33)32(26)21-11-12-22(28)19(3)16-21/h4-16,25-26H,1-3H3,(H,30,33)/t25-,26-/m0/s1. The van der Waals surface area contributed by atoms with Gasteiger partial charge in [0, 0.05) is 33.9 Å². The minimum absolute atomic E-state index is 0.0652. The van der Waals surface area contributed by atoms with Crippen LogP contribution < -0.4 is 10.2 Å². The molecule has 0 unspecified atom stereocenters. The van der Waals surface area contributed by atoms with Crippen molar-refractivity contribution in [2.75, 3.05) is 4.90 Å². The Labute approximate surface area is 208 Å². The molecule has 0 amide bonds. The molecule has 1 N–H and O–H groups in total. The number of hydrogen-bond donors (Lipinski definition) is 1. The van der Waals surface area contributed by atoms with Crippen molar-refractivity contribution in [3.05, 3.63) is 112 Å². The van der Waals surface area contributed by atoms with Crippen LogP contribution in [0.4, 0.5) is 5.69 Å². The first-order valence-electron chi connectivity index (χ1n) is 11.0. The molecule has 0 saturated carbocycles. The zero-order chi connectivity index (χ0) is 23.1. The highest BCUT2D eigenvalue weighted by Crippen LogP contribution is 2.42. The van der Waals surface area contributed by atoms with Crippen molar-refractivity contribution >= 4 is 38.9 Å². The first-order chi connectivity index (χ1) is 15.9. The molecule has 1 saturated heterocycles. The first kappa shape index (κ1) is 21.9. The van der Waals surface area contributed by atoms with Crippen molar-refractivity contribution in [2.45, 2.75) is 32.9 Å². The SMILES string of the molecule is Cc1ccc(-n2cccc2[C@H]2[C@H](c3ccccn3)NC(=S)N2c2ccc(Br)c(C)c2)cc1C. The molecule has 0 aliphatic carbocycles. The molecule has 166 valence electrons. The van der Waals surface area contributed by atoms with E-state index >= 15 is 0 Å². The van der Waals surface area contributed by atoms with Gasteiger partial charge in [-0.1, -0.05) is 28.1 Å². The molecule has 33 heavy (non-hydrogen) atoms. The predicted molar refractivity (Wildman–Crippen MR) is 142 cm³/mol. The zero-order valence-corrected chi connectivity index (χ0v) is 21.2. The highest BCUT2D eigenvalue weighted by molar-refractivity contribution is 9.10. The molecular weight excluding hydrogens is 492 g/mol. The Morgan fingerprint density at radius 3 is 2.39 bits per heavy atom. The summed E-state index contributed by atoms with van der Waals surface area (Å²) in [7, 11) is 0. The topological polar surface area (TPSA) is 33.1 Å². The van der Waals surface area contributed by atoms with Crippen molar-refractivity contribution in [1.82, 2.24) is 14.9 Å². The van der Waals surface area contributed by atoms with Crippen LogP contribution in [0.2, 0.25) is 0 Å². The zero-order valence-electron chi connectivity index (χ0n) is 18.8. The second-order valence-electron chi connectivity index (χ2n) is 8.50. The molecule has 4 nitrogen and oxygen atoms in total. The fourth-order valence-electron chi connectivity index (χ4n) is 4.46. The van der Waals surface area contributed by atoms with E-state index in [9.17, 15) is 0 Å². The Kier molecular flexibility index (Phi) is 5.81. The van der Waals surface area contributed by atoms with Crippen LogP contribution >= 0.6 is 28.1 Å². The van der Waals surface area contributed by atoms with Crippen LogP contribution in [0, 0.1) is 20.8 Å². The number of hydrogen-bond acceptors (Lipinski definition) is 2. The van der Waals surface area contributed by atoms with E-state index in [1.807, 2.05) is 18.3 Å². The number of halogens is 1. The number of aryl methyl sites for hydroxylation is 3. The van der Waals surface area contributed by atoms with Gasteiger partial charge in [-0.3, -0.25) is 4.98 Å². The van der Waals surface area contributed by atoms with Crippen molar-refractivity contribution in [3.8, 4) is 5.69 Å². The lowest BCUT2D eigenvalue weighted by atomic mass is 10.00. The van der Waals surface area contributed by atoms with Crippen molar-refractivity contribution in [3.63, 3.8) is 0 Å². The van der Waals surface area contributed by atoms with Crippen molar-refractivity contribution in [2.24, 2.45) is 0 Å². The Bertz CT molecular complexity index is 1330. The van der Waals surface area contributed by atoms with Gasteiger partial charge in [-0.25, -0.2) is 0 Å². The summed E-state index contributed by atoms with van der Waals surface area (Å²) < 4.78 is 3.35. The second-order valence-corrected chi connectivity index (χ2v) is 9.74. The summed E-state index contributed by atoms with van der Waals surface area (Å²) in [4.78, 5) is 6.90. The van der Waals surface area contributed by atoms with Crippen LogP contribution in [0.15, 0.2) is 83.6 Å². The van der Waals surface area contributed by atoms with Gasteiger partial charge in [0.1, 0.15) is 6.04 Å². The maximum atomic E-state index is 5.89. The van der Waals surface area contributed by atoms with Gasteiger partial charge < -0.3 is 14.8 Å². The molecule has 2 aromatic heterocycles. The number of pyridine rings is 1. The van der Waals surface area contributed by atoms with E-state index in [-0.39, 0.29) is 12.1 Å². The summed E-state index contributed by atoms with van der Waals surface area (Å²) in [6.07, 6.45) is 3.97. The first-order valence-corrected chi connectivity index (χ1v) is 12.2. The lowest BCUT2D eigenvalue weighted by Crippen LogP contribution is -2.30. The number of benzene rings is 2. The molecule has 6 heteroatoms. The van der Waals surface area contributed by atoms with Crippen molar-refractivity contribution in [1.29, 1.82) is 0 Å². The van der Waals surface area contributed by atoms with Crippen molar-refractivity contribution < 1.29 is 0 Å². The number of anilines is 1. The van der Waals surface area contributed by atoms with Gasteiger partial charge in [0.2, 0.25) is 0 Å². The molecular formula is C27H25BrN4S. The van der Waals surface area contributed by atoms with Crippen LogP contribution in [-0.2, 0) is 0 Å². The van der Waals surface area contributed by atoms with Gasteiger partial charge in [0.05, 0.1) is 11.7 Å². The van der Waals surface area contributed by atoms with E-state index in [0.717, 1.165) is 27.2 Å². The van der Waals surface area contributed by atoms with Gasteiger partial charge in [0.25, 0.3) is 0 Å². The van der Waals surface area contributed by atoms with E-state index in [4.69, 9.17) is 12.2 Å². The summed E-state index contributed by atoms with van der Waals surface area (Å²) in [5.41, 5.74) is 8.05. The molecule has 4 aromatic rings. The number of aromatic nitrogens is 2. The third-order valence-corrected chi connectivity index (χ3v) is 7.57. The van der Waals surface area contributed by atoms with Gasteiger partial charge in [-0.15, -0.1) is 0 Å². The Balaban J connectivity index is 1.68. The third-order valence-electron chi connectivity index (χ3n) is 6.37. The van der Waals surface area contributed by atoms with Gasteiger partial charge >= 0.3 is 0 Å². The normalized spacial score (nSPS) is 17.9. The molecule has 2 atom stereocenters. The molecule has 1 aliphatic rings. The number of nitrogens with one attached hydrogen (secondary N) is 1. The molecule has 0 bridgehead atoms. The van der Waals surface area contributed by atoms with Gasteiger partial charge in [-0.05, 0) is 104 Å². The summed E-state index contributed by atoms with van der Waals surface area (Å²) in [5, 5.41) is 4.26. The van der Waals surface area contributed by atoms with Crippen LogP contribution in [-0.4, -0.2) is 14.7 Å². The maximum absolute atomic E-state index is 5.89. The smallest absolute Gasteiger partial charge is 0.174 e. The second kappa shape index (κ2) is 8.76. The average Bonchev–Trinajstić information content (AvgIpc) is 3.42. The van der Waals surface area contributed by atoms with Crippen LogP contribution in [0.1, 0.15) is 40.2 Å². The summed E-state index contributed by atoms with van der Waals surface area (Å²) in [5.74, 6) is 0. The summed E-state index contributed by atoms with van der Waals surface area (Å²) >= 11 is 9.52. The van der Waals surface area contributed by atoms with Crippen LogP contribution in [0.3, 0.4) is 0 Å². The van der Waals surface area contributed by atoms with Crippen LogP contribution in [0.5, 0.6) is 0 Å². The minimum Gasteiger partial charge on any atom is -0.351 e. The number of thiocarbonyl (C=S) groups is 1. The predicted octanol–water partition coefficient (Wildman–Crippen LogP) is 6.74. The quantitative estimate of drug-likeness (QED) is 0.304. The minimum atomic E-state index is -0.0807. The molecule has 0 radical (unpaired) electrons. The molecule has 0 spiro atoms. The fourth-order valence-corrected chi connectivity index (χ4v) is 5.05. The molecule has 3 heterocycles.